The molecule has 0 spiro atoms. The Balaban J connectivity index is 2.71. The van der Waals surface area contributed by atoms with Crippen molar-refractivity contribution in [3.63, 3.8) is 0 Å². The highest BCUT2D eigenvalue weighted by Gasteiger charge is 2.31. The van der Waals surface area contributed by atoms with Crippen LogP contribution in [0.15, 0.2) is 6.20 Å². The largest absolute Gasteiger partial charge is 0.319 e. The van der Waals surface area contributed by atoms with Crippen LogP contribution in [0.1, 0.15) is 17.3 Å². The minimum atomic E-state index is -2.24. The molecule has 2 aromatic rings. The molecule has 0 bridgehead atoms. The fourth-order valence-corrected chi connectivity index (χ4v) is 2.09. The van der Waals surface area contributed by atoms with E-state index >= 15 is 0 Å². The SMILES string of the molecule is Cn1ncc(Cl)c1C(N)c1c(F)c(F)c(F)c(F)c1F. The van der Waals surface area contributed by atoms with Gasteiger partial charge in [0, 0.05) is 7.05 Å². The van der Waals surface area contributed by atoms with Crippen LogP contribution >= 0.6 is 11.6 Å². The normalized spacial score (nSPS) is 12.8. The first-order valence-electron chi connectivity index (χ1n) is 5.21. The molecular formula is C11H7ClF5N3. The van der Waals surface area contributed by atoms with E-state index in [0.717, 1.165) is 10.9 Å². The van der Waals surface area contributed by atoms with Gasteiger partial charge in [-0.05, 0) is 0 Å². The summed E-state index contributed by atoms with van der Waals surface area (Å²) in [5.74, 6) is -10.4. The summed E-state index contributed by atoms with van der Waals surface area (Å²) in [6.45, 7) is 0. The highest BCUT2D eigenvalue weighted by Crippen LogP contribution is 2.32. The molecule has 1 heterocycles. The minimum absolute atomic E-state index is 0.0519. The second kappa shape index (κ2) is 5.02. The standard InChI is InChI=1S/C11H7ClF5N3/c1-20-11(3(12)2-19-20)10(18)4-5(13)7(15)9(17)8(16)6(4)14/h2,10H,18H2,1H3. The number of nitrogens with zero attached hydrogens (tertiary/aromatic N) is 2. The molecule has 0 radical (unpaired) electrons. The molecule has 1 aromatic carbocycles. The highest BCUT2D eigenvalue weighted by molar-refractivity contribution is 6.31. The van der Waals surface area contributed by atoms with Crippen LogP contribution in [-0.4, -0.2) is 9.78 Å². The van der Waals surface area contributed by atoms with Crippen LogP contribution in [0, 0.1) is 29.1 Å². The van der Waals surface area contributed by atoms with Crippen molar-refractivity contribution in [2.45, 2.75) is 6.04 Å². The van der Waals surface area contributed by atoms with Gasteiger partial charge in [-0.3, -0.25) is 4.68 Å². The third-order valence-electron chi connectivity index (χ3n) is 2.79. The smallest absolute Gasteiger partial charge is 0.200 e. The molecule has 1 atom stereocenters. The maximum absolute atomic E-state index is 13.6. The van der Waals surface area contributed by atoms with Gasteiger partial charge in [0.05, 0.1) is 28.5 Å². The molecule has 9 heteroatoms. The fraction of sp³-hybridized carbons (Fsp3) is 0.182. The van der Waals surface area contributed by atoms with Crippen molar-refractivity contribution < 1.29 is 22.0 Å². The van der Waals surface area contributed by atoms with E-state index in [-0.39, 0.29) is 10.7 Å². The zero-order chi connectivity index (χ0) is 15.2. The highest BCUT2D eigenvalue weighted by atomic mass is 35.5. The lowest BCUT2D eigenvalue weighted by molar-refractivity contribution is 0.366. The second-order valence-corrected chi connectivity index (χ2v) is 4.37. The Morgan fingerprint density at radius 1 is 1.05 bits per heavy atom. The molecule has 1 aromatic heterocycles. The Morgan fingerprint density at radius 2 is 1.50 bits per heavy atom. The molecule has 0 amide bonds. The summed E-state index contributed by atoms with van der Waals surface area (Å²) < 4.78 is 67.6. The van der Waals surface area contributed by atoms with Crippen LogP contribution in [0.5, 0.6) is 0 Å². The Hall–Kier alpha value is -1.67. The molecular weight excluding hydrogens is 305 g/mol. The Kier molecular flexibility index (Phi) is 3.70. The van der Waals surface area contributed by atoms with Gasteiger partial charge < -0.3 is 5.73 Å². The Bertz CT molecular complexity index is 637. The van der Waals surface area contributed by atoms with Crippen molar-refractivity contribution >= 4 is 11.6 Å². The number of halogens is 6. The van der Waals surface area contributed by atoms with Gasteiger partial charge in [-0.25, -0.2) is 22.0 Å². The van der Waals surface area contributed by atoms with Crippen molar-refractivity contribution in [1.29, 1.82) is 0 Å². The summed E-state index contributed by atoms with van der Waals surface area (Å²) in [5, 5.41) is 3.63. The van der Waals surface area contributed by atoms with Gasteiger partial charge in [0.25, 0.3) is 0 Å². The van der Waals surface area contributed by atoms with Crippen LogP contribution in [0.2, 0.25) is 5.02 Å². The molecule has 20 heavy (non-hydrogen) atoms. The van der Waals surface area contributed by atoms with E-state index in [1.54, 1.807) is 0 Å². The van der Waals surface area contributed by atoms with Crippen LogP contribution in [0.4, 0.5) is 22.0 Å². The van der Waals surface area contributed by atoms with E-state index < -0.39 is 40.7 Å². The van der Waals surface area contributed by atoms with Crippen molar-refractivity contribution in [3.05, 3.63) is 51.6 Å². The van der Waals surface area contributed by atoms with Gasteiger partial charge in [-0.15, -0.1) is 0 Å². The number of rotatable bonds is 2. The third kappa shape index (κ3) is 2.04. The number of hydrogen-bond acceptors (Lipinski definition) is 2. The maximum Gasteiger partial charge on any atom is 0.200 e. The molecule has 0 aliphatic carbocycles. The summed E-state index contributed by atoms with van der Waals surface area (Å²) in [6.07, 6.45) is 1.14. The van der Waals surface area contributed by atoms with Gasteiger partial charge in [0.2, 0.25) is 5.82 Å². The van der Waals surface area contributed by atoms with E-state index in [1.807, 2.05) is 0 Å². The van der Waals surface area contributed by atoms with Crippen LogP contribution < -0.4 is 5.73 Å². The third-order valence-corrected chi connectivity index (χ3v) is 3.08. The molecule has 0 saturated heterocycles. The number of aryl methyl sites for hydroxylation is 1. The van der Waals surface area contributed by atoms with E-state index in [1.165, 1.54) is 7.05 Å². The van der Waals surface area contributed by atoms with E-state index in [2.05, 4.69) is 5.10 Å². The lowest BCUT2D eigenvalue weighted by Gasteiger charge is -2.16. The predicted molar refractivity (Wildman–Crippen MR) is 60.5 cm³/mol. The van der Waals surface area contributed by atoms with Crippen molar-refractivity contribution in [2.24, 2.45) is 12.8 Å². The average molecular weight is 312 g/mol. The van der Waals surface area contributed by atoms with Gasteiger partial charge in [-0.2, -0.15) is 5.10 Å². The Labute approximate surface area is 114 Å². The lowest BCUT2D eigenvalue weighted by Crippen LogP contribution is -2.21. The van der Waals surface area contributed by atoms with Gasteiger partial charge >= 0.3 is 0 Å². The summed E-state index contributed by atoms with van der Waals surface area (Å²) in [5.41, 5.74) is 4.34. The second-order valence-electron chi connectivity index (χ2n) is 3.96. The van der Waals surface area contributed by atoms with E-state index in [0.29, 0.717) is 0 Å². The first-order valence-corrected chi connectivity index (χ1v) is 5.59. The van der Waals surface area contributed by atoms with Gasteiger partial charge in [0.15, 0.2) is 23.3 Å². The van der Waals surface area contributed by atoms with Crippen molar-refractivity contribution in [3.8, 4) is 0 Å². The number of aromatic nitrogens is 2. The van der Waals surface area contributed by atoms with Crippen LogP contribution in [0.3, 0.4) is 0 Å². The zero-order valence-electron chi connectivity index (χ0n) is 9.89. The molecule has 0 aliphatic rings. The lowest BCUT2D eigenvalue weighted by atomic mass is 10.0. The Morgan fingerprint density at radius 3 is 1.90 bits per heavy atom. The van der Waals surface area contributed by atoms with Crippen molar-refractivity contribution in [2.75, 3.05) is 0 Å². The maximum atomic E-state index is 13.6. The zero-order valence-corrected chi connectivity index (χ0v) is 10.7. The molecule has 3 nitrogen and oxygen atoms in total. The van der Waals surface area contributed by atoms with Gasteiger partial charge in [0.1, 0.15) is 0 Å². The number of hydrogen-bond donors (Lipinski definition) is 1. The van der Waals surface area contributed by atoms with Gasteiger partial charge in [-0.1, -0.05) is 11.6 Å². The summed E-state index contributed by atoms with van der Waals surface area (Å²) in [6, 6.07) is -1.65. The number of benzene rings is 1. The molecule has 2 N–H and O–H groups in total. The first-order chi connectivity index (χ1) is 9.27. The van der Waals surface area contributed by atoms with E-state index in [9.17, 15) is 22.0 Å². The fourth-order valence-electron chi connectivity index (χ4n) is 1.80. The van der Waals surface area contributed by atoms with Crippen LogP contribution in [-0.2, 0) is 7.05 Å². The molecule has 108 valence electrons. The summed E-state index contributed by atoms with van der Waals surface area (Å²) >= 11 is 5.74. The molecule has 0 aliphatic heterocycles. The summed E-state index contributed by atoms with van der Waals surface area (Å²) in [4.78, 5) is 0. The number of nitrogens with two attached hydrogens (primary N) is 1. The minimum Gasteiger partial charge on any atom is -0.319 e. The van der Waals surface area contributed by atoms with Crippen molar-refractivity contribution in [1.82, 2.24) is 9.78 Å². The topological polar surface area (TPSA) is 43.8 Å². The molecule has 2 rings (SSSR count). The average Bonchev–Trinajstić information content (AvgIpc) is 2.73. The molecule has 0 fully saturated rings. The monoisotopic (exact) mass is 311 g/mol. The summed E-state index contributed by atoms with van der Waals surface area (Å²) in [7, 11) is 1.37. The quantitative estimate of drug-likeness (QED) is 0.526. The predicted octanol–water partition coefficient (Wildman–Crippen LogP) is 2.82. The first kappa shape index (κ1) is 14.7. The van der Waals surface area contributed by atoms with Crippen LogP contribution in [0.25, 0.3) is 0 Å². The molecule has 1 unspecified atom stereocenters. The molecule has 0 saturated carbocycles. The van der Waals surface area contributed by atoms with E-state index in [4.69, 9.17) is 17.3 Å².